The molecule has 0 saturated carbocycles. The highest BCUT2D eigenvalue weighted by Crippen LogP contribution is 2.20. The highest BCUT2D eigenvalue weighted by Gasteiger charge is 2.14. The molecule has 0 saturated heterocycles. The number of hydrogen-bond donors (Lipinski definition) is 2. The van der Waals surface area contributed by atoms with Gasteiger partial charge in [-0.3, -0.25) is 16.3 Å². The van der Waals surface area contributed by atoms with Crippen LogP contribution >= 0.6 is 11.6 Å². The minimum atomic E-state index is -0.335. The molecule has 1 heterocycles. The summed E-state index contributed by atoms with van der Waals surface area (Å²) in [6.45, 7) is 0. The average molecular weight is 266 g/mol. The van der Waals surface area contributed by atoms with Gasteiger partial charge >= 0.3 is 0 Å². The van der Waals surface area contributed by atoms with Gasteiger partial charge < -0.3 is 0 Å². The van der Waals surface area contributed by atoms with Crippen LogP contribution in [0.1, 0.15) is 17.3 Å². The van der Waals surface area contributed by atoms with E-state index in [2.05, 4.69) is 10.4 Å². The van der Waals surface area contributed by atoms with Crippen LogP contribution in [0.25, 0.3) is 0 Å². The maximum absolute atomic E-state index is 13.7. The molecule has 5 heteroatoms. The summed E-state index contributed by atoms with van der Waals surface area (Å²) in [5.41, 5.74) is 3.97. The van der Waals surface area contributed by atoms with Gasteiger partial charge in [0.15, 0.2) is 0 Å². The predicted octanol–water partition coefficient (Wildman–Crippen LogP) is 2.62. The summed E-state index contributed by atoms with van der Waals surface area (Å²) in [4.78, 5) is 4.20. The van der Waals surface area contributed by atoms with Crippen LogP contribution in [-0.2, 0) is 6.42 Å². The second-order valence-electron chi connectivity index (χ2n) is 3.91. The summed E-state index contributed by atoms with van der Waals surface area (Å²) < 4.78 is 13.7. The summed E-state index contributed by atoms with van der Waals surface area (Å²) in [6.07, 6.45) is 2.09. The summed E-state index contributed by atoms with van der Waals surface area (Å²) >= 11 is 5.71. The van der Waals surface area contributed by atoms with Crippen molar-refractivity contribution in [2.75, 3.05) is 0 Å². The van der Waals surface area contributed by atoms with Crippen molar-refractivity contribution in [3.8, 4) is 0 Å². The van der Waals surface area contributed by atoms with Crippen LogP contribution in [-0.4, -0.2) is 4.98 Å². The van der Waals surface area contributed by atoms with Gasteiger partial charge in [0, 0.05) is 11.2 Å². The largest absolute Gasteiger partial charge is 0.271 e. The number of benzene rings is 1. The molecular weight excluding hydrogens is 253 g/mol. The van der Waals surface area contributed by atoms with E-state index in [1.165, 1.54) is 6.07 Å². The monoisotopic (exact) mass is 265 g/mol. The quantitative estimate of drug-likeness (QED) is 0.660. The first-order valence-corrected chi connectivity index (χ1v) is 5.89. The third-order valence-corrected chi connectivity index (χ3v) is 2.92. The molecule has 0 amide bonds. The van der Waals surface area contributed by atoms with Crippen LogP contribution in [0.3, 0.4) is 0 Å². The molecule has 3 N–H and O–H groups in total. The van der Waals surface area contributed by atoms with Gasteiger partial charge in [-0.1, -0.05) is 23.7 Å². The standard InChI is InChI=1S/C13H13ClFN3/c14-10-5-4-9(11(15)8-10)7-13(18-16)12-3-1-2-6-17-12/h1-6,8,13,18H,7,16H2. The first-order valence-electron chi connectivity index (χ1n) is 5.51. The van der Waals surface area contributed by atoms with Crippen LogP contribution in [0.2, 0.25) is 5.02 Å². The number of nitrogens with zero attached hydrogens (tertiary/aromatic N) is 1. The van der Waals surface area contributed by atoms with Crippen LogP contribution < -0.4 is 11.3 Å². The fourth-order valence-corrected chi connectivity index (χ4v) is 1.90. The molecule has 94 valence electrons. The SMILES string of the molecule is NNC(Cc1ccc(Cl)cc1F)c1ccccn1. The van der Waals surface area contributed by atoms with Gasteiger partial charge in [0.2, 0.25) is 0 Å². The Bertz CT molecular complexity index is 519. The number of hydrogen-bond acceptors (Lipinski definition) is 3. The van der Waals surface area contributed by atoms with Crippen LogP contribution in [0, 0.1) is 5.82 Å². The van der Waals surface area contributed by atoms with Gasteiger partial charge in [-0.2, -0.15) is 0 Å². The van der Waals surface area contributed by atoms with Crippen LogP contribution in [0.4, 0.5) is 4.39 Å². The lowest BCUT2D eigenvalue weighted by molar-refractivity contribution is 0.519. The second-order valence-corrected chi connectivity index (χ2v) is 4.35. The Balaban J connectivity index is 2.21. The van der Waals surface area contributed by atoms with Gasteiger partial charge in [0.1, 0.15) is 5.82 Å². The van der Waals surface area contributed by atoms with E-state index in [4.69, 9.17) is 17.4 Å². The summed E-state index contributed by atoms with van der Waals surface area (Å²) in [7, 11) is 0. The number of hydrazine groups is 1. The maximum Gasteiger partial charge on any atom is 0.127 e. The van der Waals surface area contributed by atoms with Gasteiger partial charge in [-0.05, 0) is 36.2 Å². The molecule has 18 heavy (non-hydrogen) atoms. The number of nitrogens with two attached hydrogens (primary N) is 1. The maximum atomic E-state index is 13.7. The van der Waals surface area contributed by atoms with E-state index in [1.54, 1.807) is 18.3 Å². The number of aromatic nitrogens is 1. The first kappa shape index (κ1) is 13.0. The van der Waals surface area contributed by atoms with Crippen molar-refractivity contribution in [1.29, 1.82) is 0 Å². The Labute approximate surface area is 110 Å². The molecule has 1 atom stereocenters. The molecule has 1 aromatic carbocycles. The minimum Gasteiger partial charge on any atom is -0.271 e. The van der Waals surface area contributed by atoms with Crippen molar-refractivity contribution in [3.05, 3.63) is 64.7 Å². The van der Waals surface area contributed by atoms with E-state index in [0.29, 0.717) is 17.0 Å². The van der Waals surface area contributed by atoms with E-state index < -0.39 is 0 Å². The van der Waals surface area contributed by atoms with Crippen molar-refractivity contribution < 1.29 is 4.39 Å². The molecule has 0 spiro atoms. The molecule has 2 aromatic rings. The lowest BCUT2D eigenvalue weighted by atomic mass is 10.0. The number of pyridine rings is 1. The van der Waals surface area contributed by atoms with Crippen molar-refractivity contribution in [2.24, 2.45) is 5.84 Å². The van der Waals surface area contributed by atoms with Crippen molar-refractivity contribution in [1.82, 2.24) is 10.4 Å². The lowest BCUT2D eigenvalue weighted by Crippen LogP contribution is -2.30. The Morgan fingerprint density at radius 2 is 2.17 bits per heavy atom. The van der Waals surface area contributed by atoms with Gasteiger partial charge in [-0.25, -0.2) is 4.39 Å². The molecule has 2 rings (SSSR count). The molecule has 0 radical (unpaired) electrons. The topological polar surface area (TPSA) is 50.9 Å². The Morgan fingerprint density at radius 1 is 1.33 bits per heavy atom. The van der Waals surface area contributed by atoms with Gasteiger partial charge in [0.05, 0.1) is 11.7 Å². The molecule has 0 fully saturated rings. The zero-order valence-corrected chi connectivity index (χ0v) is 10.4. The molecule has 0 aliphatic carbocycles. The third-order valence-electron chi connectivity index (χ3n) is 2.69. The molecule has 1 unspecified atom stereocenters. The van der Waals surface area contributed by atoms with Gasteiger partial charge in [-0.15, -0.1) is 0 Å². The van der Waals surface area contributed by atoms with Crippen molar-refractivity contribution >= 4 is 11.6 Å². The van der Waals surface area contributed by atoms with E-state index in [9.17, 15) is 4.39 Å². The normalized spacial score (nSPS) is 12.4. The Kier molecular flexibility index (Phi) is 4.25. The molecule has 0 aliphatic rings. The fraction of sp³-hybridized carbons (Fsp3) is 0.154. The summed E-state index contributed by atoms with van der Waals surface area (Å²) in [5.74, 6) is 5.16. The van der Waals surface area contributed by atoms with E-state index in [1.807, 2.05) is 18.2 Å². The highest BCUT2D eigenvalue weighted by molar-refractivity contribution is 6.30. The predicted molar refractivity (Wildman–Crippen MR) is 69.4 cm³/mol. The molecule has 3 nitrogen and oxygen atoms in total. The lowest BCUT2D eigenvalue weighted by Gasteiger charge is -2.15. The highest BCUT2D eigenvalue weighted by atomic mass is 35.5. The molecule has 0 aliphatic heterocycles. The van der Waals surface area contributed by atoms with Crippen LogP contribution in [0.15, 0.2) is 42.6 Å². The zero-order valence-electron chi connectivity index (χ0n) is 9.61. The number of halogens is 2. The van der Waals surface area contributed by atoms with Crippen molar-refractivity contribution in [2.45, 2.75) is 12.5 Å². The van der Waals surface area contributed by atoms with E-state index in [0.717, 1.165) is 5.69 Å². The fourth-order valence-electron chi connectivity index (χ4n) is 1.74. The average Bonchev–Trinajstić information content (AvgIpc) is 2.39. The van der Waals surface area contributed by atoms with Crippen LogP contribution in [0.5, 0.6) is 0 Å². The van der Waals surface area contributed by atoms with E-state index >= 15 is 0 Å². The molecule has 1 aromatic heterocycles. The third kappa shape index (κ3) is 3.04. The first-order chi connectivity index (χ1) is 8.70. The number of nitrogens with one attached hydrogen (secondary N) is 1. The zero-order chi connectivity index (χ0) is 13.0. The minimum absolute atomic E-state index is 0.234. The van der Waals surface area contributed by atoms with Crippen molar-refractivity contribution in [3.63, 3.8) is 0 Å². The smallest absolute Gasteiger partial charge is 0.127 e. The van der Waals surface area contributed by atoms with E-state index in [-0.39, 0.29) is 11.9 Å². The summed E-state index contributed by atoms with van der Waals surface area (Å²) in [6, 6.07) is 9.91. The second kappa shape index (κ2) is 5.91. The Hall–Kier alpha value is -1.49. The molecular formula is C13H13ClFN3. The summed E-state index contributed by atoms with van der Waals surface area (Å²) in [5, 5.41) is 0.381. The Morgan fingerprint density at radius 3 is 2.78 bits per heavy atom. The number of rotatable bonds is 4. The molecule has 0 bridgehead atoms. The van der Waals surface area contributed by atoms with Gasteiger partial charge in [0.25, 0.3) is 0 Å².